The maximum Gasteiger partial charge on any atom is 0.274 e. The van der Waals surface area contributed by atoms with Gasteiger partial charge in [-0.3, -0.25) is 9.78 Å². The Kier molecular flexibility index (Phi) is 3.61. The van der Waals surface area contributed by atoms with Gasteiger partial charge in [0.15, 0.2) is 0 Å². The molecule has 0 spiro atoms. The van der Waals surface area contributed by atoms with Crippen molar-refractivity contribution in [2.75, 3.05) is 31.1 Å². The number of amides is 1. The molecule has 23 heavy (non-hydrogen) atoms. The number of piperidine rings is 1. The zero-order valence-corrected chi connectivity index (χ0v) is 12.7. The third kappa shape index (κ3) is 2.74. The quantitative estimate of drug-likeness (QED) is 0.819. The van der Waals surface area contributed by atoms with E-state index in [-0.39, 0.29) is 5.91 Å². The van der Waals surface area contributed by atoms with Crippen LogP contribution >= 0.6 is 0 Å². The topological polar surface area (TPSA) is 75.1 Å². The molecule has 1 amide bonds. The number of carbonyl (C=O) groups excluding carboxylic acids is 1. The lowest BCUT2D eigenvalue weighted by Gasteiger charge is -2.34. The molecule has 4 heterocycles. The Morgan fingerprint density at radius 2 is 1.83 bits per heavy atom. The van der Waals surface area contributed by atoms with Crippen LogP contribution in [-0.4, -0.2) is 56.9 Å². The van der Waals surface area contributed by atoms with Gasteiger partial charge in [0.05, 0.1) is 6.20 Å². The smallest absolute Gasteiger partial charge is 0.274 e. The van der Waals surface area contributed by atoms with Crippen LogP contribution in [0.25, 0.3) is 0 Å². The van der Waals surface area contributed by atoms with Crippen molar-refractivity contribution in [1.82, 2.24) is 24.8 Å². The molecule has 0 bridgehead atoms. The SMILES string of the molecule is O=C(c1cnccn1)N1C[C@H]2CCN(c3ncccn3)C[C@H]2C1. The van der Waals surface area contributed by atoms with E-state index in [2.05, 4.69) is 24.8 Å². The van der Waals surface area contributed by atoms with Gasteiger partial charge in [-0.2, -0.15) is 0 Å². The molecule has 2 aromatic rings. The summed E-state index contributed by atoms with van der Waals surface area (Å²) >= 11 is 0. The fourth-order valence-corrected chi connectivity index (χ4v) is 3.54. The first kappa shape index (κ1) is 14.0. The number of carbonyl (C=O) groups is 1. The molecule has 0 aliphatic carbocycles. The Labute approximate surface area is 134 Å². The fraction of sp³-hybridized carbons (Fsp3) is 0.438. The van der Waals surface area contributed by atoms with E-state index in [0.29, 0.717) is 17.5 Å². The van der Waals surface area contributed by atoms with Crippen molar-refractivity contribution in [2.45, 2.75) is 6.42 Å². The Morgan fingerprint density at radius 1 is 1.00 bits per heavy atom. The summed E-state index contributed by atoms with van der Waals surface area (Å²) < 4.78 is 0. The van der Waals surface area contributed by atoms with Crippen molar-refractivity contribution < 1.29 is 4.79 Å². The molecule has 4 rings (SSSR count). The van der Waals surface area contributed by atoms with E-state index >= 15 is 0 Å². The normalized spacial score (nSPS) is 23.7. The van der Waals surface area contributed by atoms with Crippen LogP contribution in [0.3, 0.4) is 0 Å². The van der Waals surface area contributed by atoms with Crippen molar-refractivity contribution in [1.29, 1.82) is 0 Å². The molecule has 0 N–H and O–H groups in total. The van der Waals surface area contributed by atoms with Crippen LogP contribution in [0.15, 0.2) is 37.1 Å². The second kappa shape index (κ2) is 5.91. The second-order valence-electron chi connectivity index (χ2n) is 6.10. The fourth-order valence-electron chi connectivity index (χ4n) is 3.54. The highest BCUT2D eigenvalue weighted by Gasteiger charge is 2.39. The Hall–Kier alpha value is -2.57. The van der Waals surface area contributed by atoms with Gasteiger partial charge < -0.3 is 9.80 Å². The molecular formula is C16H18N6O. The first-order chi connectivity index (χ1) is 11.3. The van der Waals surface area contributed by atoms with Gasteiger partial charge in [-0.05, 0) is 24.3 Å². The largest absolute Gasteiger partial charge is 0.340 e. The molecule has 0 unspecified atom stereocenters. The highest BCUT2D eigenvalue weighted by atomic mass is 16.2. The van der Waals surface area contributed by atoms with Crippen LogP contribution in [-0.2, 0) is 0 Å². The minimum absolute atomic E-state index is 0.0185. The molecule has 7 nitrogen and oxygen atoms in total. The second-order valence-corrected chi connectivity index (χ2v) is 6.10. The van der Waals surface area contributed by atoms with E-state index in [4.69, 9.17) is 0 Å². The summed E-state index contributed by atoms with van der Waals surface area (Å²) in [5, 5.41) is 0. The highest BCUT2D eigenvalue weighted by molar-refractivity contribution is 5.92. The first-order valence-corrected chi connectivity index (χ1v) is 7.88. The van der Waals surface area contributed by atoms with Crippen LogP contribution in [0, 0.1) is 11.8 Å². The Morgan fingerprint density at radius 3 is 2.61 bits per heavy atom. The monoisotopic (exact) mass is 310 g/mol. The number of rotatable bonds is 2. The Bertz CT molecular complexity index is 679. The average molecular weight is 310 g/mol. The summed E-state index contributed by atoms with van der Waals surface area (Å²) in [6.07, 6.45) is 9.28. The summed E-state index contributed by atoms with van der Waals surface area (Å²) in [7, 11) is 0. The molecule has 2 aliphatic rings. The summed E-state index contributed by atoms with van der Waals surface area (Å²) in [5.74, 6) is 1.78. The average Bonchev–Trinajstić information content (AvgIpc) is 3.06. The molecule has 118 valence electrons. The van der Waals surface area contributed by atoms with Gasteiger partial charge in [0.25, 0.3) is 5.91 Å². The van der Waals surface area contributed by atoms with Gasteiger partial charge in [0.1, 0.15) is 5.69 Å². The van der Waals surface area contributed by atoms with Crippen LogP contribution in [0.2, 0.25) is 0 Å². The molecule has 7 heteroatoms. The summed E-state index contributed by atoms with van der Waals surface area (Å²) in [5.41, 5.74) is 0.425. The third-order valence-electron chi connectivity index (χ3n) is 4.71. The Balaban J connectivity index is 1.45. The number of hydrogen-bond donors (Lipinski definition) is 0. The molecule has 0 radical (unpaired) electrons. The van der Waals surface area contributed by atoms with E-state index in [0.717, 1.165) is 38.5 Å². The molecule has 0 saturated carbocycles. The number of hydrogen-bond acceptors (Lipinski definition) is 6. The standard InChI is InChI=1S/C16H18N6O/c23-15(14-8-17-5-6-18-14)22-9-12-2-7-21(10-13(12)11-22)16-19-3-1-4-20-16/h1,3-6,8,12-13H,2,7,9-11H2/t12-,13+/m1/s1. The number of likely N-dealkylation sites (tertiary alicyclic amines) is 1. The van der Waals surface area contributed by atoms with E-state index in [1.54, 1.807) is 24.8 Å². The molecule has 0 aromatic carbocycles. The molecule has 2 aromatic heterocycles. The maximum atomic E-state index is 12.5. The van der Waals surface area contributed by atoms with Crippen molar-refractivity contribution in [3.63, 3.8) is 0 Å². The van der Waals surface area contributed by atoms with Gasteiger partial charge in [-0.25, -0.2) is 15.0 Å². The minimum Gasteiger partial charge on any atom is -0.340 e. The molecule has 2 saturated heterocycles. The summed E-state index contributed by atoms with van der Waals surface area (Å²) in [4.78, 5) is 33.4. The zero-order chi connectivity index (χ0) is 15.6. The van der Waals surface area contributed by atoms with E-state index < -0.39 is 0 Å². The predicted molar refractivity (Wildman–Crippen MR) is 83.8 cm³/mol. The van der Waals surface area contributed by atoms with E-state index in [9.17, 15) is 4.79 Å². The maximum absolute atomic E-state index is 12.5. The van der Waals surface area contributed by atoms with Gasteiger partial charge in [-0.1, -0.05) is 0 Å². The van der Waals surface area contributed by atoms with Crippen molar-refractivity contribution in [3.8, 4) is 0 Å². The molecule has 2 aliphatic heterocycles. The van der Waals surface area contributed by atoms with Gasteiger partial charge in [0, 0.05) is 51.0 Å². The molecule has 2 atom stereocenters. The zero-order valence-electron chi connectivity index (χ0n) is 12.7. The van der Waals surface area contributed by atoms with E-state index in [1.807, 2.05) is 11.0 Å². The predicted octanol–water partition coefficient (Wildman–Crippen LogP) is 0.865. The van der Waals surface area contributed by atoms with Crippen LogP contribution in [0.4, 0.5) is 5.95 Å². The van der Waals surface area contributed by atoms with Crippen molar-refractivity contribution in [3.05, 3.63) is 42.7 Å². The lowest BCUT2D eigenvalue weighted by Crippen LogP contribution is -2.40. The number of aromatic nitrogens is 4. The van der Waals surface area contributed by atoms with Crippen LogP contribution in [0.1, 0.15) is 16.9 Å². The summed E-state index contributed by atoms with van der Waals surface area (Å²) in [6, 6.07) is 1.83. The van der Waals surface area contributed by atoms with Crippen molar-refractivity contribution >= 4 is 11.9 Å². The van der Waals surface area contributed by atoms with Gasteiger partial charge in [0.2, 0.25) is 5.95 Å². The number of fused-ring (bicyclic) bond motifs is 1. The van der Waals surface area contributed by atoms with Gasteiger partial charge >= 0.3 is 0 Å². The highest BCUT2D eigenvalue weighted by Crippen LogP contribution is 2.32. The van der Waals surface area contributed by atoms with Gasteiger partial charge in [-0.15, -0.1) is 0 Å². The number of anilines is 1. The van der Waals surface area contributed by atoms with E-state index in [1.165, 1.54) is 6.20 Å². The third-order valence-corrected chi connectivity index (χ3v) is 4.71. The van der Waals surface area contributed by atoms with Crippen molar-refractivity contribution in [2.24, 2.45) is 11.8 Å². The molecular weight excluding hydrogens is 292 g/mol. The summed E-state index contributed by atoms with van der Waals surface area (Å²) in [6.45, 7) is 3.42. The number of nitrogens with zero attached hydrogens (tertiary/aromatic N) is 6. The van der Waals surface area contributed by atoms with Crippen LogP contribution < -0.4 is 4.90 Å². The minimum atomic E-state index is -0.0185. The van der Waals surface area contributed by atoms with Crippen LogP contribution in [0.5, 0.6) is 0 Å². The lowest BCUT2D eigenvalue weighted by atomic mass is 9.89. The first-order valence-electron chi connectivity index (χ1n) is 7.88. The lowest BCUT2D eigenvalue weighted by molar-refractivity contribution is 0.0778. The molecule has 2 fully saturated rings.